The SMILES string of the molecule is CNCCCC(C)Oc1ccc(Cc2ccccc2)cc1. The van der Waals surface area contributed by atoms with Crippen molar-refractivity contribution in [2.24, 2.45) is 0 Å². The lowest BCUT2D eigenvalue weighted by atomic mass is 10.1. The van der Waals surface area contributed by atoms with Crippen molar-refractivity contribution in [1.29, 1.82) is 0 Å². The molecule has 0 aliphatic carbocycles. The van der Waals surface area contributed by atoms with Crippen LogP contribution in [0.25, 0.3) is 0 Å². The summed E-state index contributed by atoms with van der Waals surface area (Å²) < 4.78 is 5.94. The van der Waals surface area contributed by atoms with Gasteiger partial charge in [0, 0.05) is 0 Å². The summed E-state index contributed by atoms with van der Waals surface area (Å²) in [6.07, 6.45) is 3.45. The van der Waals surface area contributed by atoms with E-state index in [4.69, 9.17) is 4.74 Å². The maximum Gasteiger partial charge on any atom is 0.119 e. The third kappa shape index (κ3) is 5.60. The first-order valence-corrected chi connectivity index (χ1v) is 7.72. The number of ether oxygens (including phenoxy) is 1. The fourth-order valence-electron chi connectivity index (χ4n) is 2.37. The lowest BCUT2D eigenvalue weighted by Gasteiger charge is -2.15. The van der Waals surface area contributed by atoms with Gasteiger partial charge in [0.05, 0.1) is 6.10 Å². The van der Waals surface area contributed by atoms with Crippen LogP contribution in [0.1, 0.15) is 30.9 Å². The molecular weight excluding hydrogens is 258 g/mol. The maximum atomic E-state index is 5.94. The minimum atomic E-state index is 0.262. The highest BCUT2D eigenvalue weighted by Gasteiger charge is 2.04. The Balaban J connectivity index is 1.84. The number of hydrogen-bond donors (Lipinski definition) is 1. The molecule has 1 unspecified atom stereocenters. The van der Waals surface area contributed by atoms with Gasteiger partial charge in [-0.05, 0) is 63.0 Å². The number of hydrogen-bond acceptors (Lipinski definition) is 2. The van der Waals surface area contributed by atoms with E-state index in [1.165, 1.54) is 11.1 Å². The highest BCUT2D eigenvalue weighted by molar-refractivity contribution is 5.31. The molecule has 1 N–H and O–H groups in total. The summed E-state index contributed by atoms with van der Waals surface area (Å²) in [5.41, 5.74) is 2.66. The van der Waals surface area contributed by atoms with Crippen molar-refractivity contribution < 1.29 is 4.74 Å². The molecule has 0 aliphatic heterocycles. The summed E-state index contributed by atoms with van der Waals surface area (Å²) in [5, 5.41) is 3.16. The van der Waals surface area contributed by atoms with Crippen molar-refractivity contribution >= 4 is 0 Å². The Morgan fingerprint density at radius 1 is 0.952 bits per heavy atom. The van der Waals surface area contributed by atoms with Gasteiger partial charge in [-0.1, -0.05) is 42.5 Å². The topological polar surface area (TPSA) is 21.3 Å². The normalized spacial score (nSPS) is 12.1. The summed E-state index contributed by atoms with van der Waals surface area (Å²) in [6, 6.07) is 19.0. The molecule has 1 atom stereocenters. The summed E-state index contributed by atoms with van der Waals surface area (Å²) >= 11 is 0. The fraction of sp³-hybridized carbons (Fsp3) is 0.368. The summed E-state index contributed by atoms with van der Waals surface area (Å²) in [4.78, 5) is 0. The van der Waals surface area contributed by atoms with Crippen LogP contribution in [0.3, 0.4) is 0 Å². The van der Waals surface area contributed by atoms with E-state index in [0.29, 0.717) is 0 Å². The molecule has 21 heavy (non-hydrogen) atoms. The molecule has 0 bridgehead atoms. The van der Waals surface area contributed by atoms with E-state index in [0.717, 1.165) is 31.6 Å². The molecule has 0 aliphatic rings. The third-order valence-corrected chi connectivity index (χ3v) is 3.55. The predicted octanol–water partition coefficient (Wildman–Crippen LogP) is 4.04. The van der Waals surface area contributed by atoms with E-state index in [9.17, 15) is 0 Å². The lowest BCUT2D eigenvalue weighted by molar-refractivity contribution is 0.208. The second kappa shape index (κ2) is 8.48. The van der Waals surface area contributed by atoms with Crippen molar-refractivity contribution in [3.63, 3.8) is 0 Å². The van der Waals surface area contributed by atoms with Gasteiger partial charge in [0.15, 0.2) is 0 Å². The minimum Gasteiger partial charge on any atom is -0.491 e. The molecule has 2 heteroatoms. The van der Waals surface area contributed by atoms with Crippen molar-refractivity contribution in [2.75, 3.05) is 13.6 Å². The van der Waals surface area contributed by atoms with Crippen LogP contribution in [0.5, 0.6) is 5.75 Å². The van der Waals surface area contributed by atoms with Crippen LogP contribution in [-0.4, -0.2) is 19.7 Å². The van der Waals surface area contributed by atoms with Gasteiger partial charge in [0.2, 0.25) is 0 Å². The van der Waals surface area contributed by atoms with Crippen LogP contribution in [0, 0.1) is 0 Å². The number of nitrogens with one attached hydrogen (secondary N) is 1. The van der Waals surface area contributed by atoms with Crippen molar-refractivity contribution in [3.8, 4) is 5.75 Å². The van der Waals surface area contributed by atoms with Crippen molar-refractivity contribution in [2.45, 2.75) is 32.3 Å². The minimum absolute atomic E-state index is 0.262. The van der Waals surface area contributed by atoms with Crippen molar-refractivity contribution in [3.05, 3.63) is 65.7 Å². The van der Waals surface area contributed by atoms with Gasteiger partial charge < -0.3 is 10.1 Å². The van der Waals surface area contributed by atoms with Crippen LogP contribution >= 0.6 is 0 Å². The molecule has 0 radical (unpaired) electrons. The van der Waals surface area contributed by atoms with E-state index in [1.807, 2.05) is 7.05 Å². The van der Waals surface area contributed by atoms with Gasteiger partial charge in [0.25, 0.3) is 0 Å². The average molecular weight is 283 g/mol. The Hall–Kier alpha value is -1.80. The first-order chi connectivity index (χ1) is 10.3. The number of rotatable bonds is 8. The van der Waals surface area contributed by atoms with Gasteiger partial charge in [0.1, 0.15) is 5.75 Å². The highest BCUT2D eigenvalue weighted by Crippen LogP contribution is 2.17. The second-order valence-electron chi connectivity index (χ2n) is 5.48. The maximum absolute atomic E-state index is 5.94. The predicted molar refractivity (Wildman–Crippen MR) is 88.9 cm³/mol. The monoisotopic (exact) mass is 283 g/mol. The van der Waals surface area contributed by atoms with Gasteiger partial charge >= 0.3 is 0 Å². The van der Waals surface area contributed by atoms with Gasteiger partial charge in [-0.2, -0.15) is 0 Å². The molecule has 112 valence electrons. The molecule has 2 aromatic carbocycles. The highest BCUT2D eigenvalue weighted by atomic mass is 16.5. The molecule has 2 rings (SSSR count). The number of benzene rings is 2. The summed E-state index contributed by atoms with van der Waals surface area (Å²) in [5.74, 6) is 0.962. The Morgan fingerprint density at radius 3 is 2.29 bits per heavy atom. The Bertz CT molecular complexity index is 507. The van der Waals surface area contributed by atoms with Crippen molar-refractivity contribution in [1.82, 2.24) is 5.32 Å². The van der Waals surface area contributed by atoms with Gasteiger partial charge in [-0.25, -0.2) is 0 Å². The van der Waals surface area contributed by atoms with E-state index < -0.39 is 0 Å². The van der Waals surface area contributed by atoms with Crippen LogP contribution in [0.15, 0.2) is 54.6 Å². The van der Waals surface area contributed by atoms with E-state index >= 15 is 0 Å². The Kier molecular flexibility index (Phi) is 6.29. The summed E-state index contributed by atoms with van der Waals surface area (Å²) in [6.45, 7) is 3.18. The molecule has 2 nitrogen and oxygen atoms in total. The zero-order chi connectivity index (χ0) is 14.9. The summed E-state index contributed by atoms with van der Waals surface area (Å²) in [7, 11) is 1.98. The van der Waals surface area contributed by atoms with Crippen LogP contribution in [-0.2, 0) is 6.42 Å². The first-order valence-electron chi connectivity index (χ1n) is 7.72. The molecule has 0 saturated heterocycles. The van der Waals surface area contributed by atoms with E-state index in [2.05, 4.69) is 66.8 Å². The smallest absolute Gasteiger partial charge is 0.119 e. The van der Waals surface area contributed by atoms with Crippen LogP contribution in [0.2, 0.25) is 0 Å². The van der Waals surface area contributed by atoms with Gasteiger partial charge in [-0.15, -0.1) is 0 Å². The zero-order valence-electron chi connectivity index (χ0n) is 13.0. The standard InChI is InChI=1S/C19H25NO/c1-16(7-6-14-20-2)21-19-12-10-18(11-13-19)15-17-8-4-3-5-9-17/h3-5,8-13,16,20H,6-7,14-15H2,1-2H3. The van der Waals surface area contributed by atoms with Crippen LogP contribution < -0.4 is 10.1 Å². The third-order valence-electron chi connectivity index (χ3n) is 3.55. The Labute approximate surface area is 128 Å². The zero-order valence-corrected chi connectivity index (χ0v) is 13.0. The van der Waals surface area contributed by atoms with Gasteiger partial charge in [-0.3, -0.25) is 0 Å². The first kappa shape index (κ1) is 15.6. The molecule has 2 aromatic rings. The molecule has 0 saturated carbocycles. The largest absolute Gasteiger partial charge is 0.491 e. The molecule has 0 amide bonds. The molecule has 0 fully saturated rings. The second-order valence-corrected chi connectivity index (χ2v) is 5.48. The Morgan fingerprint density at radius 2 is 1.62 bits per heavy atom. The van der Waals surface area contributed by atoms with Crippen LogP contribution in [0.4, 0.5) is 0 Å². The van der Waals surface area contributed by atoms with E-state index in [-0.39, 0.29) is 6.10 Å². The molecule has 0 aromatic heterocycles. The molecule has 0 heterocycles. The quantitative estimate of drug-likeness (QED) is 0.738. The molecular formula is C19H25NO. The fourth-order valence-corrected chi connectivity index (χ4v) is 2.37. The average Bonchev–Trinajstić information content (AvgIpc) is 2.51. The molecule has 0 spiro atoms. The lowest BCUT2D eigenvalue weighted by Crippen LogP contribution is -2.15. The van der Waals surface area contributed by atoms with E-state index in [1.54, 1.807) is 0 Å².